The zero-order valence-electron chi connectivity index (χ0n) is 9.74. The van der Waals surface area contributed by atoms with Crippen LogP contribution in [0.2, 0.25) is 0 Å². The van der Waals surface area contributed by atoms with Crippen molar-refractivity contribution in [3.8, 4) is 0 Å². The lowest BCUT2D eigenvalue weighted by molar-refractivity contribution is -0.132. The number of hydrogen-bond donors (Lipinski definition) is 1. The van der Waals surface area contributed by atoms with Crippen molar-refractivity contribution in [3.63, 3.8) is 0 Å². The molecule has 0 aromatic rings. The number of allylic oxidation sites excluding steroid dienone is 1. The average molecular weight is 225 g/mol. The Labute approximate surface area is 96.0 Å². The van der Waals surface area contributed by atoms with Crippen molar-refractivity contribution in [2.24, 2.45) is 4.99 Å². The Balaban J connectivity index is 1.99. The Kier molecular flexibility index (Phi) is 5.61. The van der Waals surface area contributed by atoms with Gasteiger partial charge in [0.25, 0.3) is 0 Å². The number of rotatable bonds is 7. The third-order valence-electron chi connectivity index (χ3n) is 2.53. The first-order chi connectivity index (χ1) is 7.70. The molecule has 4 nitrogen and oxygen atoms in total. The maximum atomic E-state index is 10.5. The highest BCUT2D eigenvalue weighted by atomic mass is 16.5. The summed E-state index contributed by atoms with van der Waals surface area (Å²) in [6.45, 7) is 3.16. The molecule has 1 heterocycles. The van der Waals surface area contributed by atoms with Crippen LogP contribution in [0.3, 0.4) is 0 Å². The monoisotopic (exact) mass is 225 g/mol. The SMILES string of the molecule is C/C(=C\CCCCCC1=NCCO1)C(=O)O. The van der Waals surface area contributed by atoms with Gasteiger partial charge in [-0.05, 0) is 26.2 Å². The fourth-order valence-corrected chi connectivity index (χ4v) is 1.53. The average Bonchev–Trinajstić information content (AvgIpc) is 2.75. The minimum absolute atomic E-state index is 0.434. The number of hydrogen-bond acceptors (Lipinski definition) is 3. The molecule has 0 amide bonds. The second-order valence-electron chi connectivity index (χ2n) is 3.92. The second kappa shape index (κ2) is 7.04. The molecule has 1 aliphatic heterocycles. The molecule has 0 radical (unpaired) electrons. The van der Waals surface area contributed by atoms with E-state index in [9.17, 15) is 4.79 Å². The van der Waals surface area contributed by atoms with Gasteiger partial charge in [-0.15, -0.1) is 0 Å². The first kappa shape index (κ1) is 12.7. The third kappa shape index (κ3) is 4.96. The normalized spacial score (nSPS) is 15.8. The van der Waals surface area contributed by atoms with Gasteiger partial charge >= 0.3 is 5.97 Å². The number of unbranched alkanes of at least 4 members (excludes halogenated alkanes) is 3. The van der Waals surface area contributed by atoms with E-state index in [2.05, 4.69) is 4.99 Å². The van der Waals surface area contributed by atoms with Crippen molar-refractivity contribution in [3.05, 3.63) is 11.6 Å². The van der Waals surface area contributed by atoms with Crippen LogP contribution in [-0.4, -0.2) is 30.1 Å². The van der Waals surface area contributed by atoms with Gasteiger partial charge in [-0.25, -0.2) is 4.79 Å². The van der Waals surface area contributed by atoms with Gasteiger partial charge in [-0.3, -0.25) is 4.99 Å². The smallest absolute Gasteiger partial charge is 0.330 e. The highest BCUT2D eigenvalue weighted by molar-refractivity contribution is 5.85. The van der Waals surface area contributed by atoms with E-state index in [1.54, 1.807) is 13.0 Å². The molecular formula is C12H19NO3. The molecular weight excluding hydrogens is 206 g/mol. The van der Waals surface area contributed by atoms with Gasteiger partial charge in [-0.2, -0.15) is 0 Å². The van der Waals surface area contributed by atoms with E-state index >= 15 is 0 Å². The number of carboxylic acids is 1. The molecule has 0 aromatic carbocycles. The summed E-state index contributed by atoms with van der Waals surface area (Å²) in [7, 11) is 0. The molecule has 0 saturated heterocycles. The zero-order chi connectivity index (χ0) is 11.8. The van der Waals surface area contributed by atoms with Crippen LogP contribution in [0.15, 0.2) is 16.6 Å². The zero-order valence-corrected chi connectivity index (χ0v) is 9.74. The Hall–Kier alpha value is -1.32. The molecule has 0 spiro atoms. The molecule has 0 bridgehead atoms. The summed E-state index contributed by atoms with van der Waals surface area (Å²) in [6.07, 6.45) is 6.72. The topological polar surface area (TPSA) is 58.9 Å². The van der Waals surface area contributed by atoms with Crippen molar-refractivity contribution >= 4 is 11.9 Å². The summed E-state index contributed by atoms with van der Waals surface area (Å²) in [5, 5.41) is 8.63. The molecule has 90 valence electrons. The molecule has 1 N–H and O–H groups in total. The number of carboxylic acid groups (broad SMARTS) is 1. The number of aliphatic imine (C=N–C) groups is 1. The van der Waals surface area contributed by atoms with Gasteiger partial charge < -0.3 is 9.84 Å². The van der Waals surface area contributed by atoms with Crippen molar-refractivity contribution in [2.75, 3.05) is 13.2 Å². The van der Waals surface area contributed by atoms with E-state index in [0.29, 0.717) is 5.57 Å². The largest absolute Gasteiger partial charge is 0.479 e. The summed E-state index contributed by atoms with van der Waals surface area (Å²) in [6, 6.07) is 0. The standard InChI is InChI=1S/C12H19NO3/c1-10(12(14)15)6-4-2-3-5-7-11-13-8-9-16-11/h6H,2-5,7-9H2,1H3,(H,14,15)/b10-6+. The Bertz CT molecular complexity index is 295. The van der Waals surface area contributed by atoms with Gasteiger partial charge in [0.1, 0.15) is 6.61 Å². The maximum Gasteiger partial charge on any atom is 0.330 e. The van der Waals surface area contributed by atoms with Crippen LogP contribution in [0.25, 0.3) is 0 Å². The quantitative estimate of drug-likeness (QED) is 0.534. The highest BCUT2D eigenvalue weighted by Gasteiger charge is 2.05. The first-order valence-corrected chi connectivity index (χ1v) is 5.76. The van der Waals surface area contributed by atoms with Crippen LogP contribution in [0.4, 0.5) is 0 Å². The second-order valence-corrected chi connectivity index (χ2v) is 3.92. The summed E-state index contributed by atoms with van der Waals surface area (Å²) >= 11 is 0. The molecule has 0 saturated carbocycles. The van der Waals surface area contributed by atoms with E-state index in [4.69, 9.17) is 9.84 Å². The molecule has 1 rings (SSSR count). The Morgan fingerprint density at radius 1 is 1.50 bits per heavy atom. The molecule has 0 aromatic heterocycles. The minimum atomic E-state index is -0.825. The van der Waals surface area contributed by atoms with E-state index in [-0.39, 0.29) is 0 Å². The van der Waals surface area contributed by atoms with Crippen LogP contribution in [-0.2, 0) is 9.53 Å². The van der Waals surface area contributed by atoms with Crippen molar-refractivity contribution in [1.29, 1.82) is 0 Å². The molecule has 0 aliphatic carbocycles. The van der Waals surface area contributed by atoms with Crippen LogP contribution in [0.1, 0.15) is 39.0 Å². The van der Waals surface area contributed by atoms with Crippen molar-refractivity contribution in [1.82, 2.24) is 0 Å². The highest BCUT2D eigenvalue weighted by Crippen LogP contribution is 2.08. The number of nitrogens with zero attached hydrogens (tertiary/aromatic N) is 1. The van der Waals surface area contributed by atoms with Gasteiger partial charge in [0, 0.05) is 12.0 Å². The lowest BCUT2D eigenvalue weighted by Crippen LogP contribution is -1.98. The van der Waals surface area contributed by atoms with Crippen LogP contribution in [0, 0.1) is 0 Å². The van der Waals surface area contributed by atoms with Crippen LogP contribution < -0.4 is 0 Å². The van der Waals surface area contributed by atoms with Crippen molar-refractivity contribution < 1.29 is 14.6 Å². The van der Waals surface area contributed by atoms with E-state index in [0.717, 1.165) is 51.2 Å². The molecule has 0 unspecified atom stereocenters. The fraction of sp³-hybridized carbons (Fsp3) is 0.667. The van der Waals surface area contributed by atoms with Crippen LogP contribution in [0.5, 0.6) is 0 Å². The van der Waals surface area contributed by atoms with Crippen LogP contribution >= 0.6 is 0 Å². The summed E-state index contributed by atoms with van der Waals surface area (Å²) in [5.74, 6) is 0.0611. The minimum Gasteiger partial charge on any atom is -0.479 e. The predicted molar refractivity (Wildman–Crippen MR) is 62.7 cm³/mol. The van der Waals surface area contributed by atoms with E-state index in [1.807, 2.05) is 0 Å². The lowest BCUT2D eigenvalue weighted by Gasteiger charge is -2.00. The fourth-order valence-electron chi connectivity index (χ4n) is 1.53. The van der Waals surface area contributed by atoms with Gasteiger partial charge in [0.05, 0.1) is 6.54 Å². The number of ether oxygens (including phenoxy) is 1. The molecule has 16 heavy (non-hydrogen) atoms. The maximum absolute atomic E-state index is 10.5. The molecule has 0 fully saturated rings. The third-order valence-corrected chi connectivity index (χ3v) is 2.53. The molecule has 0 atom stereocenters. The van der Waals surface area contributed by atoms with Gasteiger partial charge in [0.2, 0.25) is 0 Å². The molecule has 1 aliphatic rings. The lowest BCUT2D eigenvalue weighted by atomic mass is 10.1. The first-order valence-electron chi connectivity index (χ1n) is 5.76. The number of carbonyl (C=O) groups is 1. The summed E-state index contributed by atoms with van der Waals surface area (Å²) in [4.78, 5) is 14.7. The van der Waals surface area contributed by atoms with Gasteiger partial charge in [-0.1, -0.05) is 12.5 Å². The predicted octanol–water partition coefficient (Wildman–Crippen LogP) is 2.40. The van der Waals surface area contributed by atoms with Gasteiger partial charge in [0.15, 0.2) is 5.90 Å². The number of aliphatic carboxylic acids is 1. The van der Waals surface area contributed by atoms with Crippen molar-refractivity contribution in [2.45, 2.75) is 39.0 Å². The van der Waals surface area contributed by atoms with E-state index < -0.39 is 5.97 Å². The Morgan fingerprint density at radius 2 is 2.31 bits per heavy atom. The molecule has 4 heteroatoms. The van der Waals surface area contributed by atoms with E-state index in [1.165, 1.54) is 0 Å². The Morgan fingerprint density at radius 3 is 2.94 bits per heavy atom. The summed E-state index contributed by atoms with van der Waals surface area (Å²) < 4.78 is 5.29. The summed E-state index contributed by atoms with van der Waals surface area (Å²) in [5.41, 5.74) is 0.434.